The van der Waals surface area contributed by atoms with Crippen molar-refractivity contribution in [3.8, 4) is 0 Å². The lowest BCUT2D eigenvalue weighted by Crippen LogP contribution is -2.57. The molecule has 10 nitrogen and oxygen atoms in total. The van der Waals surface area contributed by atoms with Crippen LogP contribution in [0.5, 0.6) is 0 Å². The molecule has 38 heavy (non-hydrogen) atoms. The van der Waals surface area contributed by atoms with E-state index in [0.717, 1.165) is 17.8 Å². The van der Waals surface area contributed by atoms with Crippen LogP contribution in [0.2, 0.25) is 0 Å². The number of aldehydes is 1. The van der Waals surface area contributed by atoms with Gasteiger partial charge in [-0.1, -0.05) is 44.2 Å². The maximum Gasteiger partial charge on any atom is 0.253 e. The second-order valence-corrected chi connectivity index (χ2v) is 9.60. The van der Waals surface area contributed by atoms with Gasteiger partial charge < -0.3 is 26.1 Å². The molecule has 0 radical (unpaired) electrons. The minimum atomic E-state index is -1.07. The minimum absolute atomic E-state index is 0.0493. The molecule has 1 aliphatic heterocycles. The summed E-state index contributed by atoms with van der Waals surface area (Å²) in [4.78, 5) is 66.5. The predicted molar refractivity (Wildman–Crippen MR) is 136 cm³/mol. The summed E-state index contributed by atoms with van der Waals surface area (Å²) >= 11 is 0. The van der Waals surface area contributed by atoms with E-state index in [1.165, 1.54) is 6.20 Å². The molecule has 4 atom stereocenters. The fourth-order valence-corrected chi connectivity index (χ4v) is 4.22. The number of hydrogen-bond acceptors (Lipinski definition) is 6. The van der Waals surface area contributed by atoms with Gasteiger partial charge in [-0.3, -0.25) is 24.2 Å². The molecule has 4 N–H and O–H groups in total. The molecule has 2 aromatic rings. The Bertz CT molecular complexity index is 1160. The van der Waals surface area contributed by atoms with Crippen LogP contribution in [-0.2, 0) is 25.6 Å². The summed E-state index contributed by atoms with van der Waals surface area (Å²) in [6, 6.07) is 6.99. The number of hydrogen-bond donors (Lipinski definition) is 4. The van der Waals surface area contributed by atoms with Gasteiger partial charge in [0.05, 0.1) is 17.8 Å². The summed E-state index contributed by atoms with van der Waals surface area (Å²) in [7, 11) is 0. The van der Waals surface area contributed by atoms with E-state index >= 15 is 0 Å². The van der Waals surface area contributed by atoms with E-state index < -0.39 is 41.7 Å². The van der Waals surface area contributed by atoms with Crippen LogP contribution in [0.4, 0.5) is 4.39 Å². The fourth-order valence-electron chi connectivity index (χ4n) is 4.22. The van der Waals surface area contributed by atoms with Crippen LogP contribution in [0.25, 0.3) is 0 Å². The highest BCUT2D eigenvalue weighted by molar-refractivity contribution is 5.98. The average Bonchev–Trinajstić information content (AvgIpc) is 3.30. The van der Waals surface area contributed by atoms with Crippen LogP contribution in [-0.4, -0.2) is 59.6 Å². The van der Waals surface area contributed by atoms with Gasteiger partial charge in [-0.05, 0) is 30.4 Å². The summed E-state index contributed by atoms with van der Waals surface area (Å²) in [6.07, 6.45) is 3.57. The zero-order valence-corrected chi connectivity index (χ0v) is 21.3. The molecule has 0 spiro atoms. The summed E-state index contributed by atoms with van der Waals surface area (Å²) in [5.74, 6) is -3.51. The van der Waals surface area contributed by atoms with E-state index in [0.29, 0.717) is 19.3 Å². The zero-order chi connectivity index (χ0) is 27.7. The Labute approximate surface area is 220 Å². The summed E-state index contributed by atoms with van der Waals surface area (Å²) in [5.41, 5.74) is 0.716. The highest BCUT2D eigenvalue weighted by atomic mass is 19.1. The molecule has 0 unspecified atom stereocenters. The number of aromatic nitrogens is 1. The van der Waals surface area contributed by atoms with Crippen molar-refractivity contribution in [2.45, 2.75) is 51.2 Å². The average molecular weight is 526 g/mol. The van der Waals surface area contributed by atoms with E-state index in [-0.39, 0.29) is 36.1 Å². The number of benzene rings is 1. The number of halogens is 1. The number of amides is 4. The van der Waals surface area contributed by atoms with Crippen LogP contribution in [0.3, 0.4) is 0 Å². The van der Waals surface area contributed by atoms with Crippen LogP contribution in [0, 0.1) is 17.7 Å². The fraction of sp³-hybridized carbons (Fsp3) is 0.407. The first-order valence-corrected chi connectivity index (χ1v) is 12.5. The smallest absolute Gasteiger partial charge is 0.253 e. The molecule has 3 rings (SSSR count). The van der Waals surface area contributed by atoms with Crippen molar-refractivity contribution in [2.24, 2.45) is 11.8 Å². The molecule has 1 saturated heterocycles. The van der Waals surface area contributed by atoms with Gasteiger partial charge in [0, 0.05) is 25.1 Å². The minimum Gasteiger partial charge on any atom is -0.356 e. The lowest BCUT2D eigenvalue weighted by atomic mass is 9.98. The molecule has 1 aliphatic rings. The van der Waals surface area contributed by atoms with E-state index in [9.17, 15) is 28.4 Å². The lowest BCUT2D eigenvalue weighted by Gasteiger charge is -2.26. The molecule has 4 amide bonds. The van der Waals surface area contributed by atoms with Crippen LogP contribution in [0.1, 0.15) is 42.6 Å². The van der Waals surface area contributed by atoms with E-state index in [1.54, 1.807) is 38.1 Å². The summed E-state index contributed by atoms with van der Waals surface area (Å²) < 4.78 is 13.5. The molecule has 0 aliphatic carbocycles. The van der Waals surface area contributed by atoms with Crippen molar-refractivity contribution >= 4 is 29.9 Å². The lowest BCUT2D eigenvalue weighted by molar-refractivity contribution is -0.131. The zero-order valence-electron chi connectivity index (χ0n) is 21.3. The van der Waals surface area contributed by atoms with Crippen molar-refractivity contribution in [3.05, 3.63) is 65.7 Å². The Morgan fingerprint density at radius 1 is 1.11 bits per heavy atom. The van der Waals surface area contributed by atoms with E-state index in [4.69, 9.17) is 0 Å². The standard InChI is InChI=1S/C27H32FN5O5/c1-16(2)23(33-25(36)19-11-20(28)14-29-13-19)27(38)32-22(10-17-6-4-3-5-7-17)26(37)31-21(15-34)12-18-8-9-30-24(18)35/h3-7,11,13-16,18,21-23H,8-10,12H2,1-2H3,(H,30,35)(H,31,37)(H,32,38)(H,33,36)/t18-,21-,22-,23-/m0/s1. The second-order valence-electron chi connectivity index (χ2n) is 9.60. The predicted octanol–water partition coefficient (Wildman–Crippen LogP) is 0.913. The number of rotatable bonds is 12. The molecular formula is C27H32FN5O5. The van der Waals surface area contributed by atoms with E-state index in [2.05, 4.69) is 26.3 Å². The molecule has 1 aromatic heterocycles. The van der Waals surface area contributed by atoms with Crippen molar-refractivity contribution in [1.82, 2.24) is 26.3 Å². The molecule has 2 heterocycles. The topological polar surface area (TPSA) is 146 Å². The van der Waals surface area contributed by atoms with Gasteiger partial charge in [0.15, 0.2) is 0 Å². The molecule has 11 heteroatoms. The van der Waals surface area contributed by atoms with Gasteiger partial charge >= 0.3 is 0 Å². The highest BCUT2D eigenvalue weighted by Gasteiger charge is 2.32. The van der Waals surface area contributed by atoms with Crippen molar-refractivity contribution in [2.75, 3.05) is 6.54 Å². The quantitative estimate of drug-likeness (QED) is 0.303. The Hall–Kier alpha value is -4.15. The largest absolute Gasteiger partial charge is 0.356 e. The number of carbonyl (C=O) groups excluding carboxylic acids is 5. The molecule has 1 fully saturated rings. The summed E-state index contributed by atoms with van der Waals surface area (Å²) in [5, 5.41) is 10.6. The monoisotopic (exact) mass is 525 g/mol. The third-order valence-electron chi connectivity index (χ3n) is 6.31. The van der Waals surface area contributed by atoms with Gasteiger partial charge in [-0.15, -0.1) is 0 Å². The third-order valence-corrected chi connectivity index (χ3v) is 6.31. The van der Waals surface area contributed by atoms with Gasteiger partial charge in [0.2, 0.25) is 17.7 Å². The molecule has 202 valence electrons. The Balaban J connectivity index is 1.74. The third kappa shape index (κ3) is 7.92. The van der Waals surface area contributed by atoms with Crippen molar-refractivity contribution < 1.29 is 28.4 Å². The normalized spacial score (nSPS) is 17.2. The Morgan fingerprint density at radius 2 is 1.84 bits per heavy atom. The summed E-state index contributed by atoms with van der Waals surface area (Å²) in [6.45, 7) is 3.95. The maximum atomic E-state index is 13.5. The SMILES string of the molecule is CC(C)[C@H](NC(=O)c1cncc(F)c1)C(=O)N[C@@H](Cc1ccccc1)C(=O)N[C@H](C=O)C[C@@H]1CCNC1=O. The van der Waals surface area contributed by atoms with Gasteiger partial charge in [-0.2, -0.15) is 0 Å². The molecular weight excluding hydrogens is 493 g/mol. The Morgan fingerprint density at radius 3 is 2.45 bits per heavy atom. The maximum absolute atomic E-state index is 13.5. The first-order valence-electron chi connectivity index (χ1n) is 12.5. The number of carbonyl (C=O) groups is 5. The van der Waals surface area contributed by atoms with E-state index in [1.807, 2.05) is 6.07 Å². The van der Waals surface area contributed by atoms with Gasteiger partial charge in [0.1, 0.15) is 24.2 Å². The molecule has 0 saturated carbocycles. The first kappa shape index (κ1) is 28.4. The Kier molecular flexibility index (Phi) is 10.0. The second kappa shape index (κ2) is 13.4. The molecule has 1 aromatic carbocycles. The van der Waals surface area contributed by atoms with Crippen LogP contribution < -0.4 is 21.3 Å². The van der Waals surface area contributed by atoms with Crippen molar-refractivity contribution in [1.29, 1.82) is 0 Å². The highest BCUT2D eigenvalue weighted by Crippen LogP contribution is 2.16. The first-order chi connectivity index (χ1) is 18.2. The molecule has 0 bridgehead atoms. The van der Waals surface area contributed by atoms with Crippen molar-refractivity contribution in [3.63, 3.8) is 0 Å². The van der Waals surface area contributed by atoms with Crippen LogP contribution in [0.15, 0.2) is 48.8 Å². The van der Waals surface area contributed by atoms with Gasteiger partial charge in [0.25, 0.3) is 5.91 Å². The van der Waals surface area contributed by atoms with Gasteiger partial charge in [-0.25, -0.2) is 4.39 Å². The number of nitrogens with one attached hydrogen (secondary N) is 4. The van der Waals surface area contributed by atoms with Crippen LogP contribution >= 0.6 is 0 Å². The number of pyridine rings is 1. The number of nitrogens with zero attached hydrogens (tertiary/aromatic N) is 1.